The third-order valence-corrected chi connectivity index (χ3v) is 6.00. The second-order valence-electron chi connectivity index (χ2n) is 5.42. The molecule has 0 aromatic heterocycles. The third-order valence-electron chi connectivity index (χ3n) is 3.82. The van der Waals surface area contributed by atoms with E-state index in [0.29, 0.717) is 31.2 Å². The Bertz CT molecular complexity index is 636. The fraction of sp³-hybridized carbons (Fsp3) is 0.500. The van der Waals surface area contributed by atoms with Crippen LogP contribution in [0, 0.1) is 12.8 Å². The SMILES string of the molecule is Cc1cc(Br)ccc1S(=O)(=O)NC1CCC(C(=O)O)CC1. The fourth-order valence-electron chi connectivity index (χ4n) is 2.66. The highest BCUT2D eigenvalue weighted by Crippen LogP contribution is 2.26. The first kappa shape index (κ1) is 16.5. The first-order valence-corrected chi connectivity index (χ1v) is 9.08. The van der Waals surface area contributed by atoms with Crippen molar-refractivity contribution < 1.29 is 18.3 Å². The molecule has 0 atom stereocenters. The maximum absolute atomic E-state index is 12.4. The molecule has 0 amide bonds. The van der Waals surface area contributed by atoms with Crippen LogP contribution in [-0.4, -0.2) is 25.5 Å². The van der Waals surface area contributed by atoms with Crippen LogP contribution in [0.1, 0.15) is 31.2 Å². The number of hydrogen-bond donors (Lipinski definition) is 2. The molecule has 0 radical (unpaired) electrons. The van der Waals surface area contributed by atoms with Crippen molar-refractivity contribution in [1.82, 2.24) is 4.72 Å². The maximum Gasteiger partial charge on any atom is 0.306 e. The lowest BCUT2D eigenvalue weighted by Crippen LogP contribution is -2.38. The van der Waals surface area contributed by atoms with Crippen LogP contribution in [0.4, 0.5) is 0 Å². The number of nitrogens with one attached hydrogen (secondary N) is 1. The average Bonchev–Trinajstić information content (AvgIpc) is 2.38. The molecule has 1 fully saturated rings. The van der Waals surface area contributed by atoms with Crippen molar-refractivity contribution in [2.45, 2.75) is 43.5 Å². The number of aryl methyl sites for hydroxylation is 1. The van der Waals surface area contributed by atoms with Crippen LogP contribution in [0.5, 0.6) is 0 Å². The van der Waals surface area contributed by atoms with Gasteiger partial charge in [0, 0.05) is 10.5 Å². The van der Waals surface area contributed by atoms with E-state index in [2.05, 4.69) is 20.7 Å². The summed E-state index contributed by atoms with van der Waals surface area (Å²) >= 11 is 3.31. The van der Waals surface area contributed by atoms with E-state index in [9.17, 15) is 13.2 Å². The summed E-state index contributed by atoms with van der Waals surface area (Å²) < 4.78 is 28.3. The minimum absolute atomic E-state index is 0.186. The maximum atomic E-state index is 12.4. The molecule has 0 spiro atoms. The standard InChI is InChI=1S/C14H18BrNO4S/c1-9-8-11(15)4-7-13(9)21(19,20)16-12-5-2-10(3-6-12)14(17)18/h4,7-8,10,12,16H,2-3,5-6H2,1H3,(H,17,18). The van der Waals surface area contributed by atoms with Gasteiger partial charge >= 0.3 is 5.97 Å². The minimum atomic E-state index is -3.56. The summed E-state index contributed by atoms with van der Waals surface area (Å²) in [5.41, 5.74) is 0.677. The molecule has 2 N–H and O–H groups in total. The number of hydrogen-bond acceptors (Lipinski definition) is 3. The molecule has 0 bridgehead atoms. The zero-order valence-electron chi connectivity index (χ0n) is 11.7. The Labute approximate surface area is 132 Å². The summed E-state index contributed by atoms with van der Waals surface area (Å²) in [6.45, 7) is 1.75. The number of halogens is 1. The van der Waals surface area contributed by atoms with Gasteiger partial charge in [0.2, 0.25) is 10.0 Å². The first-order valence-electron chi connectivity index (χ1n) is 6.81. The summed E-state index contributed by atoms with van der Waals surface area (Å²) in [6, 6.07) is 4.84. The van der Waals surface area contributed by atoms with Crippen molar-refractivity contribution in [3.63, 3.8) is 0 Å². The summed E-state index contributed by atoms with van der Waals surface area (Å²) in [6.07, 6.45) is 2.15. The van der Waals surface area contributed by atoms with Crippen LogP contribution in [0.2, 0.25) is 0 Å². The zero-order valence-corrected chi connectivity index (χ0v) is 14.1. The van der Waals surface area contributed by atoms with E-state index in [1.54, 1.807) is 25.1 Å². The Hall–Kier alpha value is -0.920. The van der Waals surface area contributed by atoms with Crippen molar-refractivity contribution in [2.24, 2.45) is 5.92 Å². The van der Waals surface area contributed by atoms with Crippen molar-refractivity contribution in [1.29, 1.82) is 0 Å². The Morgan fingerprint density at radius 3 is 2.43 bits per heavy atom. The summed E-state index contributed by atoms with van der Waals surface area (Å²) in [5.74, 6) is -1.14. The van der Waals surface area contributed by atoms with E-state index in [-0.39, 0.29) is 16.9 Å². The van der Waals surface area contributed by atoms with Crippen molar-refractivity contribution in [3.8, 4) is 0 Å². The predicted octanol–water partition coefficient (Wildman–Crippen LogP) is 2.68. The van der Waals surface area contributed by atoms with Gasteiger partial charge in [-0.1, -0.05) is 15.9 Å². The Morgan fingerprint density at radius 2 is 1.90 bits per heavy atom. The second kappa shape index (κ2) is 6.46. The van der Waals surface area contributed by atoms with Gasteiger partial charge in [0.25, 0.3) is 0 Å². The molecule has 5 nitrogen and oxygen atoms in total. The molecule has 2 rings (SSSR count). The van der Waals surface area contributed by atoms with Crippen LogP contribution >= 0.6 is 15.9 Å². The van der Waals surface area contributed by atoms with E-state index < -0.39 is 16.0 Å². The molecule has 0 aliphatic heterocycles. The number of carboxylic acids is 1. The molecular formula is C14H18BrNO4S. The van der Waals surface area contributed by atoms with Crippen molar-refractivity contribution >= 4 is 31.9 Å². The summed E-state index contributed by atoms with van der Waals surface area (Å²) in [4.78, 5) is 11.2. The van der Waals surface area contributed by atoms with Gasteiger partial charge in [0.15, 0.2) is 0 Å². The summed E-state index contributed by atoms with van der Waals surface area (Å²) in [7, 11) is -3.56. The lowest BCUT2D eigenvalue weighted by Gasteiger charge is -2.26. The van der Waals surface area contributed by atoms with E-state index >= 15 is 0 Å². The Balaban J connectivity index is 2.07. The molecule has 1 aromatic rings. The zero-order chi connectivity index (χ0) is 15.6. The summed E-state index contributed by atoms with van der Waals surface area (Å²) in [5, 5.41) is 8.95. The molecule has 1 aromatic carbocycles. The topological polar surface area (TPSA) is 83.5 Å². The third kappa shape index (κ3) is 4.05. The molecule has 1 aliphatic carbocycles. The number of aliphatic carboxylic acids is 1. The Kier molecular flexibility index (Phi) is 5.06. The number of carbonyl (C=O) groups is 1. The molecule has 0 heterocycles. The predicted molar refractivity (Wildman–Crippen MR) is 82.6 cm³/mol. The lowest BCUT2D eigenvalue weighted by molar-refractivity contribution is -0.142. The van der Waals surface area contributed by atoms with Gasteiger partial charge < -0.3 is 5.11 Å². The van der Waals surface area contributed by atoms with Crippen LogP contribution < -0.4 is 4.72 Å². The highest BCUT2D eigenvalue weighted by molar-refractivity contribution is 9.10. The minimum Gasteiger partial charge on any atom is -0.481 e. The van der Waals surface area contributed by atoms with Crippen LogP contribution in [-0.2, 0) is 14.8 Å². The van der Waals surface area contributed by atoms with Gasteiger partial charge in [-0.3, -0.25) is 4.79 Å². The molecule has 116 valence electrons. The molecule has 1 saturated carbocycles. The first-order chi connectivity index (χ1) is 9.79. The van der Waals surface area contributed by atoms with Gasteiger partial charge in [-0.05, 0) is 56.4 Å². The van der Waals surface area contributed by atoms with E-state index in [0.717, 1.165) is 4.47 Å². The van der Waals surface area contributed by atoms with Crippen LogP contribution in [0.15, 0.2) is 27.6 Å². The second-order valence-corrected chi connectivity index (χ2v) is 8.02. The van der Waals surface area contributed by atoms with Gasteiger partial charge in [0.05, 0.1) is 10.8 Å². The highest BCUT2D eigenvalue weighted by Gasteiger charge is 2.29. The molecule has 1 aliphatic rings. The quantitative estimate of drug-likeness (QED) is 0.847. The fourth-order valence-corrected chi connectivity index (χ4v) is 4.66. The Morgan fingerprint density at radius 1 is 1.29 bits per heavy atom. The van der Waals surface area contributed by atoms with Crippen molar-refractivity contribution in [2.75, 3.05) is 0 Å². The van der Waals surface area contributed by atoms with E-state index in [4.69, 9.17) is 5.11 Å². The van der Waals surface area contributed by atoms with Gasteiger partial charge in [-0.15, -0.1) is 0 Å². The lowest BCUT2D eigenvalue weighted by atomic mass is 9.87. The number of sulfonamides is 1. The molecule has 21 heavy (non-hydrogen) atoms. The normalized spacial score (nSPS) is 23.0. The van der Waals surface area contributed by atoms with Gasteiger partial charge in [-0.2, -0.15) is 0 Å². The largest absolute Gasteiger partial charge is 0.481 e. The monoisotopic (exact) mass is 375 g/mol. The van der Waals surface area contributed by atoms with Crippen molar-refractivity contribution in [3.05, 3.63) is 28.2 Å². The van der Waals surface area contributed by atoms with Gasteiger partial charge in [-0.25, -0.2) is 13.1 Å². The van der Waals surface area contributed by atoms with Gasteiger partial charge in [0.1, 0.15) is 0 Å². The highest BCUT2D eigenvalue weighted by atomic mass is 79.9. The molecular weight excluding hydrogens is 358 g/mol. The van der Waals surface area contributed by atoms with Crippen LogP contribution in [0.3, 0.4) is 0 Å². The number of rotatable bonds is 4. The average molecular weight is 376 g/mol. The smallest absolute Gasteiger partial charge is 0.306 e. The van der Waals surface area contributed by atoms with E-state index in [1.807, 2.05) is 0 Å². The number of benzene rings is 1. The number of carboxylic acid groups (broad SMARTS) is 1. The molecule has 7 heteroatoms. The molecule has 0 saturated heterocycles. The molecule has 0 unspecified atom stereocenters. The van der Waals surface area contributed by atoms with Crippen LogP contribution in [0.25, 0.3) is 0 Å². The van der Waals surface area contributed by atoms with E-state index in [1.165, 1.54) is 0 Å².